The van der Waals surface area contributed by atoms with Crippen molar-refractivity contribution in [3.63, 3.8) is 0 Å². The third-order valence-corrected chi connectivity index (χ3v) is 5.01. The van der Waals surface area contributed by atoms with Crippen LogP contribution in [0.1, 0.15) is 53.7 Å². The molecule has 0 bridgehead atoms. The predicted molar refractivity (Wildman–Crippen MR) is 110 cm³/mol. The fraction of sp³-hybridized carbons (Fsp3) is 0.619. The van der Waals surface area contributed by atoms with Crippen molar-refractivity contribution in [1.29, 1.82) is 0 Å². The van der Waals surface area contributed by atoms with Crippen LogP contribution in [0.5, 0.6) is 0 Å². The molecule has 2 fully saturated rings. The van der Waals surface area contributed by atoms with E-state index in [0.717, 1.165) is 42.3 Å². The molecule has 0 radical (unpaired) electrons. The van der Waals surface area contributed by atoms with Gasteiger partial charge in [-0.3, -0.25) is 14.5 Å². The summed E-state index contributed by atoms with van der Waals surface area (Å²) in [6.07, 6.45) is 3.69. The van der Waals surface area contributed by atoms with Gasteiger partial charge in [-0.15, -0.1) is 5.06 Å². The summed E-state index contributed by atoms with van der Waals surface area (Å²) in [7, 11) is 0. The molecule has 0 aromatic carbocycles. The quantitative estimate of drug-likeness (QED) is 0.393. The van der Waals surface area contributed by atoms with Crippen molar-refractivity contribution in [2.24, 2.45) is 0 Å². The lowest BCUT2D eigenvalue weighted by Crippen LogP contribution is -2.40. The van der Waals surface area contributed by atoms with E-state index < -0.39 is 6.02 Å². The Morgan fingerprint density at radius 1 is 1.18 bits per heavy atom. The summed E-state index contributed by atoms with van der Waals surface area (Å²) in [5.41, 5.74) is 1.83. The van der Waals surface area contributed by atoms with Gasteiger partial charge in [0.1, 0.15) is 5.76 Å². The molecule has 2 rings (SSSR count). The van der Waals surface area contributed by atoms with Gasteiger partial charge in [-0.25, -0.2) is 0 Å². The third kappa shape index (κ3) is 6.12. The van der Waals surface area contributed by atoms with Gasteiger partial charge in [0.15, 0.2) is 0 Å². The van der Waals surface area contributed by atoms with Gasteiger partial charge >= 0.3 is 0 Å². The molecule has 2 aliphatic heterocycles. The highest BCUT2D eigenvalue weighted by Crippen LogP contribution is 2.23. The molecule has 0 aromatic heterocycles. The maximum Gasteiger partial charge on any atom is 0.263 e. The molecule has 2 amide bonds. The first-order chi connectivity index (χ1) is 13.6. The second-order valence-electron chi connectivity index (χ2n) is 7.49. The van der Waals surface area contributed by atoms with Crippen LogP contribution in [0.15, 0.2) is 36.9 Å². The molecule has 7 heteroatoms. The minimum absolute atomic E-state index is 0.192. The first kappa shape index (κ1) is 20.5. The van der Waals surface area contributed by atoms with Crippen LogP contribution in [0.2, 0.25) is 0 Å². The molecule has 0 aromatic rings. The lowest BCUT2D eigenvalue weighted by molar-refractivity contribution is -0.177. The molecule has 2 N–H and O–H groups in total. The number of likely N-dealkylation sites (tertiary alicyclic amines) is 1. The molecule has 28 heavy (non-hydrogen) atoms. The van der Waals surface area contributed by atoms with Crippen LogP contribution in [0.25, 0.3) is 0 Å². The number of nitrogens with one attached hydrogen (secondary N) is 2. The first-order valence-electron chi connectivity index (χ1n) is 10.4. The molecule has 0 saturated carbocycles. The monoisotopic (exact) mass is 391 g/mol. The maximum absolute atomic E-state index is 11.5. The molecular formula is C21H34N4O3. The van der Waals surface area contributed by atoms with E-state index in [4.69, 9.17) is 6.21 Å². The molecule has 0 aliphatic carbocycles. The Morgan fingerprint density at radius 3 is 2.46 bits per heavy atom. The summed E-state index contributed by atoms with van der Waals surface area (Å²) >= 11 is 0. The molecule has 1 unspecified atom stereocenters. The van der Waals surface area contributed by atoms with Gasteiger partial charge in [0.05, 0.1) is 0 Å². The van der Waals surface area contributed by atoms with E-state index in [1.807, 2.05) is 13.8 Å². The van der Waals surface area contributed by atoms with Crippen molar-refractivity contribution in [2.75, 3.05) is 19.6 Å². The van der Waals surface area contributed by atoms with Crippen LogP contribution < -0.4 is 10.6 Å². The van der Waals surface area contributed by atoms with Crippen LogP contribution in [0.3, 0.4) is 0 Å². The third-order valence-electron chi connectivity index (χ3n) is 5.01. The Labute approximate surface area is 169 Å². The normalized spacial score (nSPS) is 20.9. The van der Waals surface area contributed by atoms with Crippen molar-refractivity contribution < 1.29 is 15.8 Å². The summed E-state index contributed by atoms with van der Waals surface area (Å²) in [6, 6.07) is -0.411. The minimum atomic E-state index is -0.605. The van der Waals surface area contributed by atoms with E-state index in [1.54, 1.807) is 0 Å². The molecule has 156 valence electrons. The molecule has 2 heterocycles. The van der Waals surface area contributed by atoms with Crippen molar-refractivity contribution in [1.82, 2.24) is 20.6 Å². The summed E-state index contributed by atoms with van der Waals surface area (Å²) in [5, 5.41) is 7.38. The van der Waals surface area contributed by atoms with Gasteiger partial charge in [0.2, 0.25) is 0 Å². The van der Waals surface area contributed by atoms with Gasteiger partial charge in [0, 0.05) is 63.6 Å². The van der Waals surface area contributed by atoms with Crippen molar-refractivity contribution in [3.05, 3.63) is 36.9 Å². The zero-order valence-electron chi connectivity index (χ0n) is 18.2. The van der Waals surface area contributed by atoms with Crippen LogP contribution in [-0.2, 0) is 14.4 Å². The number of rotatable bonds is 12. The molecular weight excluding hydrogens is 356 g/mol. The summed E-state index contributed by atoms with van der Waals surface area (Å²) in [5.74, 6) is -0.288. The van der Waals surface area contributed by atoms with Crippen molar-refractivity contribution in [2.45, 2.75) is 64.4 Å². The summed E-state index contributed by atoms with van der Waals surface area (Å²) in [4.78, 5) is 30.5. The Hall–Kier alpha value is -2.28. The van der Waals surface area contributed by atoms with Crippen molar-refractivity contribution >= 4 is 11.8 Å². The molecule has 1 atom stereocenters. The van der Waals surface area contributed by atoms with E-state index in [1.165, 1.54) is 0 Å². The van der Waals surface area contributed by atoms with Crippen LogP contribution in [0.4, 0.5) is 0 Å². The Bertz CT molecular complexity index is 655. The standard InChI is InChI=1S/C21H34N4O3/c1-15(2)24-14-6-7-19(24)18(5)23-12-10-16(3)22-13-11-17(4)28-25-20(26)8-9-21(25)27/h15,19,22-23H,3-14H2,1-2H3/i15D. The lowest BCUT2D eigenvalue weighted by Gasteiger charge is -2.30. The Kier molecular flexibility index (Phi) is 7.54. The van der Waals surface area contributed by atoms with Crippen LogP contribution in [0, 0.1) is 0 Å². The minimum Gasteiger partial charge on any atom is -0.388 e. The van der Waals surface area contributed by atoms with E-state index in [2.05, 4.69) is 35.3 Å². The first-order valence-corrected chi connectivity index (χ1v) is 9.92. The highest BCUT2D eigenvalue weighted by molar-refractivity contribution is 6.00. The summed E-state index contributed by atoms with van der Waals surface area (Å²) in [6.45, 7) is 18.0. The van der Waals surface area contributed by atoms with E-state index in [-0.39, 0.29) is 30.7 Å². The zero-order valence-corrected chi connectivity index (χ0v) is 17.2. The number of hydrogen-bond donors (Lipinski definition) is 2. The number of carbonyl (C=O) groups excluding carboxylic acids is 2. The van der Waals surface area contributed by atoms with Crippen LogP contribution >= 0.6 is 0 Å². The Morgan fingerprint density at radius 2 is 1.82 bits per heavy atom. The van der Waals surface area contributed by atoms with Gasteiger partial charge in [-0.05, 0) is 33.2 Å². The fourth-order valence-electron chi connectivity index (χ4n) is 3.46. The smallest absolute Gasteiger partial charge is 0.263 e. The van der Waals surface area contributed by atoms with Gasteiger partial charge < -0.3 is 15.5 Å². The number of hydrogen-bond acceptors (Lipinski definition) is 6. The number of nitrogens with zero attached hydrogens (tertiary/aromatic N) is 2. The second kappa shape index (κ2) is 10.3. The fourth-order valence-corrected chi connectivity index (χ4v) is 3.46. The number of hydroxylamine groups is 2. The number of amides is 2. The van der Waals surface area contributed by atoms with Crippen molar-refractivity contribution in [3.8, 4) is 0 Å². The molecule has 0 spiro atoms. The highest BCUT2D eigenvalue weighted by Gasteiger charge is 2.31. The topological polar surface area (TPSA) is 73.9 Å². The number of carbonyl (C=O) groups is 2. The van der Waals surface area contributed by atoms with Gasteiger partial charge in [-0.2, -0.15) is 0 Å². The molecule has 7 nitrogen and oxygen atoms in total. The SMILES string of the molecule is [2H]C(C)(C)N1CCCC1C(=C)NCCC(=C)NCCC(=C)ON1C(=O)CCC1=O. The lowest BCUT2D eigenvalue weighted by atomic mass is 10.1. The Balaban J connectivity index is 1.61. The average molecular weight is 392 g/mol. The molecule has 2 saturated heterocycles. The van der Waals surface area contributed by atoms with Gasteiger partial charge in [-0.1, -0.05) is 19.7 Å². The summed E-state index contributed by atoms with van der Waals surface area (Å²) < 4.78 is 8.28. The molecule has 2 aliphatic rings. The average Bonchev–Trinajstić information content (AvgIpc) is 3.24. The van der Waals surface area contributed by atoms with Gasteiger partial charge in [0.25, 0.3) is 11.8 Å². The zero-order chi connectivity index (χ0) is 21.6. The maximum atomic E-state index is 11.5. The van der Waals surface area contributed by atoms with E-state index in [0.29, 0.717) is 25.3 Å². The van der Waals surface area contributed by atoms with E-state index in [9.17, 15) is 9.59 Å². The predicted octanol–water partition coefficient (Wildman–Crippen LogP) is 2.44. The van der Waals surface area contributed by atoms with E-state index >= 15 is 0 Å². The number of imide groups is 1. The largest absolute Gasteiger partial charge is 0.388 e. The van der Waals surface area contributed by atoms with Crippen LogP contribution in [-0.4, -0.2) is 53.5 Å². The highest BCUT2D eigenvalue weighted by atomic mass is 16.7. The second-order valence-corrected chi connectivity index (χ2v) is 7.49.